The fourth-order valence-electron chi connectivity index (χ4n) is 2.21. The lowest BCUT2D eigenvalue weighted by atomic mass is 10.2. The Morgan fingerprint density at radius 2 is 2.44 bits per heavy atom. The number of hydrogen-bond donors (Lipinski definition) is 1. The van der Waals surface area contributed by atoms with E-state index in [1.54, 1.807) is 13.2 Å². The van der Waals surface area contributed by atoms with Gasteiger partial charge in [-0.05, 0) is 31.4 Å². The van der Waals surface area contributed by atoms with E-state index in [0.717, 1.165) is 18.6 Å². The number of ether oxygens (including phenoxy) is 1. The molecule has 1 aliphatic carbocycles. The summed E-state index contributed by atoms with van der Waals surface area (Å²) in [6.45, 7) is 0.659. The van der Waals surface area contributed by atoms with Gasteiger partial charge in [0.2, 0.25) is 5.76 Å². The quantitative estimate of drug-likeness (QED) is 0.840. The maximum absolute atomic E-state index is 8.63. The summed E-state index contributed by atoms with van der Waals surface area (Å²) in [4.78, 5) is 0. The minimum absolute atomic E-state index is 0.311. The Morgan fingerprint density at radius 3 is 3.12 bits per heavy atom. The highest BCUT2D eigenvalue weighted by Crippen LogP contribution is 2.21. The molecule has 1 saturated carbocycles. The van der Waals surface area contributed by atoms with E-state index < -0.39 is 0 Å². The van der Waals surface area contributed by atoms with Crippen molar-refractivity contribution in [3.05, 3.63) is 23.7 Å². The zero-order valence-electron chi connectivity index (χ0n) is 9.40. The highest BCUT2D eigenvalue weighted by molar-refractivity contribution is 5.19. The number of methoxy groups -OCH3 is 1. The summed E-state index contributed by atoms with van der Waals surface area (Å²) in [6.07, 6.45) is 3.78. The number of furan rings is 1. The summed E-state index contributed by atoms with van der Waals surface area (Å²) in [7, 11) is 1.76. The Kier molecular flexibility index (Phi) is 3.60. The largest absolute Gasteiger partial charge is 0.449 e. The van der Waals surface area contributed by atoms with E-state index in [0.29, 0.717) is 24.5 Å². The highest BCUT2D eigenvalue weighted by Gasteiger charge is 2.26. The lowest BCUT2D eigenvalue weighted by molar-refractivity contribution is 0.0841. The van der Waals surface area contributed by atoms with Gasteiger partial charge in [0.05, 0.1) is 12.6 Å². The van der Waals surface area contributed by atoms with Gasteiger partial charge in [0.1, 0.15) is 11.8 Å². The molecule has 16 heavy (non-hydrogen) atoms. The van der Waals surface area contributed by atoms with Crippen molar-refractivity contribution < 1.29 is 9.15 Å². The Labute approximate surface area is 95.2 Å². The van der Waals surface area contributed by atoms with Crippen molar-refractivity contribution in [1.82, 2.24) is 5.32 Å². The van der Waals surface area contributed by atoms with E-state index in [4.69, 9.17) is 14.4 Å². The molecule has 0 saturated heterocycles. The van der Waals surface area contributed by atoms with Crippen molar-refractivity contribution in [3.8, 4) is 6.07 Å². The number of nitriles is 1. The number of nitrogens with one attached hydrogen (secondary N) is 1. The first kappa shape index (κ1) is 11.2. The standard InChI is InChI=1S/C12H16N2O2/c1-15-12-4-2-3-11(12)14-8-10-6-5-9(7-13)16-10/h5-6,11-12,14H,2-4,8H2,1H3. The van der Waals surface area contributed by atoms with Crippen LogP contribution < -0.4 is 5.32 Å². The van der Waals surface area contributed by atoms with Gasteiger partial charge in [-0.2, -0.15) is 5.26 Å². The van der Waals surface area contributed by atoms with Gasteiger partial charge in [-0.15, -0.1) is 0 Å². The second kappa shape index (κ2) is 5.15. The smallest absolute Gasteiger partial charge is 0.203 e. The van der Waals surface area contributed by atoms with Gasteiger partial charge in [0.15, 0.2) is 0 Å². The van der Waals surface area contributed by atoms with E-state index in [2.05, 4.69) is 5.32 Å². The predicted molar refractivity (Wildman–Crippen MR) is 58.7 cm³/mol. The van der Waals surface area contributed by atoms with Gasteiger partial charge in [0, 0.05) is 13.2 Å². The molecule has 0 aromatic carbocycles. The van der Waals surface area contributed by atoms with Crippen molar-refractivity contribution >= 4 is 0 Å². The molecule has 86 valence electrons. The second-order valence-corrected chi connectivity index (χ2v) is 4.07. The molecule has 4 heteroatoms. The molecule has 2 atom stereocenters. The first-order valence-corrected chi connectivity index (χ1v) is 5.58. The highest BCUT2D eigenvalue weighted by atomic mass is 16.5. The first-order chi connectivity index (χ1) is 7.83. The van der Waals surface area contributed by atoms with Crippen molar-refractivity contribution in [2.45, 2.75) is 38.0 Å². The SMILES string of the molecule is COC1CCCC1NCc1ccc(C#N)o1. The molecular weight excluding hydrogens is 204 g/mol. The zero-order chi connectivity index (χ0) is 11.4. The Bertz CT molecular complexity index is 381. The van der Waals surface area contributed by atoms with Gasteiger partial charge in [-0.1, -0.05) is 0 Å². The Morgan fingerprint density at radius 1 is 1.56 bits per heavy atom. The van der Waals surface area contributed by atoms with Gasteiger partial charge in [-0.25, -0.2) is 0 Å². The predicted octanol–water partition coefficient (Wildman–Crippen LogP) is 1.81. The minimum atomic E-state index is 0.311. The lowest BCUT2D eigenvalue weighted by Crippen LogP contribution is -2.36. The van der Waals surface area contributed by atoms with Crippen molar-refractivity contribution in [3.63, 3.8) is 0 Å². The average Bonchev–Trinajstić information content (AvgIpc) is 2.94. The molecule has 1 aromatic heterocycles. The fourth-order valence-corrected chi connectivity index (χ4v) is 2.21. The molecule has 1 aliphatic rings. The van der Waals surface area contributed by atoms with Crippen molar-refractivity contribution in [2.75, 3.05) is 7.11 Å². The normalized spacial score (nSPS) is 24.5. The molecule has 0 radical (unpaired) electrons. The summed E-state index contributed by atoms with van der Waals surface area (Å²) < 4.78 is 10.7. The summed E-state index contributed by atoms with van der Waals surface area (Å²) >= 11 is 0. The van der Waals surface area contributed by atoms with Crippen LogP contribution in [-0.2, 0) is 11.3 Å². The van der Waals surface area contributed by atoms with Crippen LogP contribution >= 0.6 is 0 Å². The lowest BCUT2D eigenvalue weighted by Gasteiger charge is -2.18. The molecule has 0 aliphatic heterocycles. The number of nitrogens with zero attached hydrogens (tertiary/aromatic N) is 1. The van der Waals surface area contributed by atoms with Crippen LogP contribution in [0.1, 0.15) is 30.8 Å². The molecule has 0 amide bonds. The van der Waals surface area contributed by atoms with Crippen molar-refractivity contribution in [1.29, 1.82) is 5.26 Å². The third-order valence-corrected chi connectivity index (χ3v) is 3.07. The van der Waals surface area contributed by atoms with Crippen LogP contribution in [0.15, 0.2) is 16.5 Å². The Balaban J connectivity index is 1.85. The molecule has 0 spiro atoms. The van der Waals surface area contributed by atoms with Gasteiger partial charge in [0.25, 0.3) is 0 Å². The molecule has 1 aromatic rings. The summed E-state index contributed by atoms with van der Waals surface area (Å²) in [5, 5.41) is 12.0. The topological polar surface area (TPSA) is 58.2 Å². The first-order valence-electron chi connectivity index (χ1n) is 5.58. The number of rotatable bonds is 4. The second-order valence-electron chi connectivity index (χ2n) is 4.07. The van der Waals surface area contributed by atoms with E-state index in [1.807, 2.05) is 12.1 Å². The van der Waals surface area contributed by atoms with Crippen LogP contribution in [0.4, 0.5) is 0 Å². The maximum atomic E-state index is 8.63. The van der Waals surface area contributed by atoms with E-state index in [-0.39, 0.29) is 0 Å². The molecule has 1 heterocycles. The fraction of sp³-hybridized carbons (Fsp3) is 0.583. The molecule has 4 nitrogen and oxygen atoms in total. The van der Waals surface area contributed by atoms with Crippen LogP contribution in [0, 0.1) is 11.3 Å². The van der Waals surface area contributed by atoms with E-state index in [9.17, 15) is 0 Å². The molecule has 1 fully saturated rings. The minimum Gasteiger partial charge on any atom is -0.449 e. The Hall–Kier alpha value is -1.31. The van der Waals surface area contributed by atoms with Crippen LogP contribution in [0.2, 0.25) is 0 Å². The molecular formula is C12H16N2O2. The summed E-state index contributed by atoms with van der Waals surface area (Å²) in [5.41, 5.74) is 0. The molecule has 0 bridgehead atoms. The monoisotopic (exact) mass is 220 g/mol. The molecule has 2 unspecified atom stereocenters. The van der Waals surface area contributed by atoms with Gasteiger partial charge >= 0.3 is 0 Å². The van der Waals surface area contributed by atoms with Crippen LogP contribution in [0.3, 0.4) is 0 Å². The molecule has 1 N–H and O–H groups in total. The average molecular weight is 220 g/mol. The van der Waals surface area contributed by atoms with Crippen LogP contribution in [0.25, 0.3) is 0 Å². The summed E-state index contributed by atoms with van der Waals surface area (Å²) in [6, 6.07) is 5.91. The number of hydrogen-bond acceptors (Lipinski definition) is 4. The zero-order valence-corrected chi connectivity index (χ0v) is 9.40. The van der Waals surface area contributed by atoms with Crippen molar-refractivity contribution in [2.24, 2.45) is 0 Å². The van der Waals surface area contributed by atoms with Crippen LogP contribution in [-0.4, -0.2) is 19.3 Å². The van der Waals surface area contributed by atoms with E-state index in [1.165, 1.54) is 6.42 Å². The van der Waals surface area contributed by atoms with Gasteiger partial charge in [-0.3, -0.25) is 0 Å². The molecule has 2 rings (SSSR count). The summed E-state index contributed by atoms with van der Waals surface area (Å²) in [5.74, 6) is 1.17. The maximum Gasteiger partial charge on any atom is 0.203 e. The third kappa shape index (κ3) is 2.43. The third-order valence-electron chi connectivity index (χ3n) is 3.07. The van der Waals surface area contributed by atoms with E-state index >= 15 is 0 Å². The van der Waals surface area contributed by atoms with Crippen LogP contribution in [0.5, 0.6) is 0 Å². The van der Waals surface area contributed by atoms with Gasteiger partial charge < -0.3 is 14.5 Å².